The maximum absolute atomic E-state index is 4.21. The molecule has 0 fully saturated rings. The lowest BCUT2D eigenvalue weighted by atomic mass is 10.2. The smallest absolute Gasteiger partial charge is 0.301 e. The van der Waals surface area contributed by atoms with Crippen LogP contribution in [0.2, 0.25) is 0 Å². The SMILES string of the molecule is C=[N+](C)C(=CN=CC)N1CN(C)c2ccccc21. The molecule has 0 amide bonds. The maximum Gasteiger partial charge on any atom is 0.301 e. The summed E-state index contributed by atoms with van der Waals surface area (Å²) in [6.07, 6.45) is 3.61. The minimum Gasteiger partial charge on any atom is -0.335 e. The van der Waals surface area contributed by atoms with Gasteiger partial charge in [0.15, 0.2) is 12.4 Å². The van der Waals surface area contributed by atoms with Gasteiger partial charge in [-0.3, -0.25) is 4.99 Å². The molecule has 18 heavy (non-hydrogen) atoms. The van der Waals surface area contributed by atoms with Crippen molar-refractivity contribution in [2.75, 3.05) is 30.6 Å². The van der Waals surface area contributed by atoms with Crippen LogP contribution < -0.4 is 9.80 Å². The lowest BCUT2D eigenvalue weighted by molar-refractivity contribution is -0.436. The molecule has 0 aliphatic carbocycles. The van der Waals surface area contributed by atoms with E-state index in [9.17, 15) is 0 Å². The van der Waals surface area contributed by atoms with Gasteiger partial charge in [-0.1, -0.05) is 12.1 Å². The zero-order valence-electron chi connectivity index (χ0n) is 11.2. The van der Waals surface area contributed by atoms with Crippen molar-refractivity contribution in [1.29, 1.82) is 0 Å². The zero-order valence-corrected chi connectivity index (χ0v) is 11.2. The molecule has 0 radical (unpaired) electrons. The van der Waals surface area contributed by atoms with Crippen LogP contribution in [0, 0.1) is 0 Å². The Labute approximate surface area is 108 Å². The summed E-state index contributed by atoms with van der Waals surface area (Å²) in [5.41, 5.74) is 2.42. The summed E-state index contributed by atoms with van der Waals surface area (Å²) in [7, 11) is 4.01. The topological polar surface area (TPSA) is 21.9 Å². The number of anilines is 2. The van der Waals surface area contributed by atoms with Crippen LogP contribution in [0.4, 0.5) is 11.4 Å². The summed E-state index contributed by atoms with van der Waals surface area (Å²) >= 11 is 0. The van der Waals surface area contributed by atoms with E-state index in [2.05, 4.69) is 52.8 Å². The first-order valence-electron chi connectivity index (χ1n) is 5.95. The first-order chi connectivity index (χ1) is 8.65. The van der Waals surface area contributed by atoms with Crippen molar-refractivity contribution < 1.29 is 4.58 Å². The number of rotatable bonds is 3. The normalized spacial score (nSPS) is 15.4. The first kappa shape index (κ1) is 12.4. The molecule has 1 heterocycles. The minimum atomic E-state index is 0.810. The van der Waals surface area contributed by atoms with Gasteiger partial charge in [0.2, 0.25) is 0 Å². The van der Waals surface area contributed by atoms with E-state index in [-0.39, 0.29) is 0 Å². The van der Waals surface area contributed by atoms with Gasteiger partial charge < -0.3 is 4.90 Å². The van der Waals surface area contributed by atoms with Gasteiger partial charge in [-0.2, -0.15) is 0 Å². The van der Waals surface area contributed by atoms with Crippen LogP contribution in [-0.4, -0.2) is 38.3 Å². The third-order valence-electron chi connectivity index (χ3n) is 2.94. The van der Waals surface area contributed by atoms with Crippen molar-refractivity contribution in [2.24, 2.45) is 4.99 Å². The van der Waals surface area contributed by atoms with Crippen molar-refractivity contribution in [2.45, 2.75) is 6.92 Å². The third kappa shape index (κ3) is 2.14. The van der Waals surface area contributed by atoms with Crippen LogP contribution in [0.25, 0.3) is 0 Å². The van der Waals surface area contributed by atoms with Gasteiger partial charge in [-0.25, -0.2) is 9.48 Å². The summed E-state index contributed by atoms with van der Waals surface area (Å²) in [5, 5.41) is 0. The number of nitrogens with zero attached hydrogens (tertiary/aromatic N) is 4. The molecule has 0 saturated heterocycles. The van der Waals surface area contributed by atoms with E-state index in [0.29, 0.717) is 0 Å². The van der Waals surface area contributed by atoms with E-state index in [1.165, 1.54) is 11.4 Å². The Hall–Kier alpha value is -2.10. The molecule has 1 aliphatic rings. The Morgan fingerprint density at radius 3 is 2.67 bits per heavy atom. The molecule has 2 rings (SSSR count). The molecule has 4 heteroatoms. The monoisotopic (exact) mass is 243 g/mol. The number of para-hydroxylation sites is 2. The van der Waals surface area contributed by atoms with Crippen LogP contribution in [0.1, 0.15) is 6.92 Å². The van der Waals surface area contributed by atoms with E-state index in [1.807, 2.05) is 24.7 Å². The average molecular weight is 243 g/mol. The molecular formula is C14H19N4+. The molecule has 0 N–H and O–H groups in total. The van der Waals surface area contributed by atoms with Gasteiger partial charge in [-0.15, -0.1) is 0 Å². The summed E-state index contributed by atoms with van der Waals surface area (Å²) < 4.78 is 1.84. The number of fused-ring (bicyclic) bond motifs is 1. The van der Waals surface area contributed by atoms with E-state index < -0.39 is 0 Å². The van der Waals surface area contributed by atoms with Gasteiger partial charge in [0, 0.05) is 13.3 Å². The van der Waals surface area contributed by atoms with E-state index in [1.54, 1.807) is 6.21 Å². The van der Waals surface area contributed by atoms with Crippen LogP contribution >= 0.6 is 0 Å². The molecular weight excluding hydrogens is 224 g/mol. The molecule has 0 unspecified atom stereocenters. The van der Waals surface area contributed by atoms with Crippen LogP contribution in [0.5, 0.6) is 0 Å². The molecule has 0 bridgehead atoms. The Balaban J connectivity index is 2.43. The van der Waals surface area contributed by atoms with Crippen LogP contribution in [-0.2, 0) is 0 Å². The van der Waals surface area contributed by atoms with Crippen LogP contribution in [0.15, 0.2) is 41.3 Å². The quantitative estimate of drug-likeness (QED) is 0.599. The van der Waals surface area contributed by atoms with Crippen LogP contribution in [0.3, 0.4) is 0 Å². The van der Waals surface area contributed by atoms with Gasteiger partial charge in [-0.05, 0) is 19.1 Å². The van der Waals surface area contributed by atoms with Gasteiger partial charge in [0.25, 0.3) is 0 Å². The number of hydrogen-bond acceptors (Lipinski definition) is 3. The summed E-state index contributed by atoms with van der Waals surface area (Å²) in [6.45, 7) is 6.68. The molecule has 1 aromatic carbocycles. The molecule has 0 atom stereocenters. The largest absolute Gasteiger partial charge is 0.335 e. The highest BCUT2D eigenvalue weighted by Crippen LogP contribution is 2.36. The summed E-state index contributed by atoms with van der Waals surface area (Å²) in [6, 6.07) is 8.35. The Kier molecular flexibility index (Phi) is 3.46. The Morgan fingerprint density at radius 2 is 2.06 bits per heavy atom. The lowest BCUT2D eigenvalue weighted by Crippen LogP contribution is -2.31. The van der Waals surface area contributed by atoms with E-state index >= 15 is 0 Å². The Morgan fingerprint density at radius 1 is 1.39 bits per heavy atom. The number of hydrogen-bond donors (Lipinski definition) is 0. The van der Waals surface area contributed by atoms with E-state index in [4.69, 9.17) is 0 Å². The van der Waals surface area contributed by atoms with Crippen molar-refractivity contribution in [1.82, 2.24) is 0 Å². The van der Waals surface area contributed by atoms with Gasteiger partial charge in [0.1, 0.15) is 6.20 Å². The summed E-state index contributed by atoms with van der Waals surface area (Å²) in [5.74, 6) is 0.977. The molecule has 1 aliphatic heterocycles. The zero-order chi connectivity index (χ0) is 13.1. The lowest BCUT2D eigenvalue weighted by Gasteiger charge is -2.14. The van der Waals surface area contributed by atoms with Crippen molar-refractivity contribution >= 4 is 24.3 Å². The fourth-order valence-corrected chi connectivity index (χ4v) is 2.09. The predicted molar refractivity (Wildman–Crippen MR) is 77.7 cm³/mol. The highest BCUT2D eigenvalue weighted by Gasteiger charge is 2.32. The van der Waals surface area contributed by atoms with Gasteiger partial charge in [0.05, 0.1) is 19.5 Å². The molecule has 1 aromatic rings. The average Bonchev–Trinajstić information content (AvgIpc) is 2.68. The second-order valence-corrected chi connectivity index (χ2v) is 4.35. The molecule has 0 aromatic heterocycles. The Bertz CT molecular complexity index is 516. The first-order valence-corrected chi connectivity index (χ1v) is 5.95. The minimum absolute atomic E-state index is 0.810. The number of aliphatic imine (C=N–C) groups is 1. The van der Waals surface area contributed by atoms with Gasteiger partial charge >= 0.3 is 5.82 Å². The highest BCUT2D eigenvalue weighted by atomic mass is 15.4. The highest BCUT2D eigenvalue weighted by molar-refractivity contribution is 5.77. The fourth-order valence-electron chi connectivity index (χ4n) is 2.09. The van der Waals surface area contributed by atoms with Crippen molar-refractivity contribution in [3.05, 3.63) is 36.3 Å². The van der Waals surface area contributed by atoms with Crippen molar-refractivity contribution in [3.8, 4) is 0 Å². The fraction of sp³-hybridized carbons (Fsp3) is 0.286. The second-order valence-electron chi connectivity index (χ2n) is 4.35. The third-order valence-corrected chi connectivity index (χ3v) is 2.94. The molecule has 4 nitrogen and oxygen atoms in total. The second kappa shape index (κ2) is 5.04. The molecule has 0 spiro atoms. The predicted octanol–water partition coefficient (Wildman–Crippen LogP) is 2.13. The summed E-state index contributed by atoms with van der Waals surface area (Å²) in [4.78, 5) is 8.62. The maximum atomic E-state index is 4.21. The van der Waals surface area contributed by atoms with Crippen molar-refractivity contribution in [3.63, 3.8) is 0 Å². The molecule has 0 saturated carbocycles. The number of benzene rings is 1. The standard InChI is InChI=1S/C14H19N4/c1-5-15-10-14(16(2)3)18-11-17(4)12-8-6-7-9-13(12)18/h5-10H,2,11H2,1,3-4H3/q+1. The molecule has 94 valence electrons. The van der Waals surface area contributed by atoms with E-state index in [0.717, 1.165) is 12.5 Å².